The zero-order valence-electron chi connectivity index (χ0n) is 24.2. The van der Waals surface area contributed by atoms with Crippen LogP contribution in [0.2, 0.25) is 5.15 Å². The third-order valence-electron chi connectivity index (χ3n) is 7.59. The lowest BCUT2D eigenvalue weighted by Crippen LogP contribution is -2.40. The van der Waals surface area contributed by atoms with Crippen molar-refractivity contribution in [1.82, 2.24) is 19.4 Å². The number of hydrogen-bond acceptors (Lipinski definition) is 5. The number of rotatable bonds is 5. The number of likely N-dealkylation sites (tertiary alicyclic amines) is 1. The predicted octanol–water partition coefficient (Wildman–Crippen LogP) is 7.29. The van der Waals surface area contributed by atoms with Crippen LogP contribution in [0.1, 0.15) is 88.6 Å². The molecule has 206 valence electrons. The summed E-state index contributed by atoms with van der Waals surface area (Å²) in [6.45, 7) is 18.9. The van der Waals surface area contributed by atoms with Gasteiger partial charge in [-0.05, 0) is 49.7 Å². The molecule has 0 radical (unpaired) electrons. The molecule has 0 saturated carbocycles. The van der Waals surface area contributed by atoms with Crippen molar-refractivity contribution in [2.45, 2.75) is 91.5 Å². The van der Waals surface area contributed by atoms with Gasteiger partial charge in [0.25, 0.3) is 0 Å². The minimum atomic E-state index is -0.0556. The van der Waals surface area contributed by atoms with E-state index in [9.17, 15) is 4.79 Å². The van der Waals surface area contributed by atoms with Gasteiger partial charge in [-0.1, -0.05) is 53.1 Å². The average Bonchev–Trinajstić information content (AvgIpc) is 3.43. The van der Waals surface area contributed by atoms with Crippen LogP contribution in [-0.4, -0.2) is 45.5 Å². The number of hydrogen-bond donors (Lipinski definition) is 0. The minimum Gasteiger partial charge on any atom is -0.496 e. The summed E-state index contributed by atoms with van der Waals surface area (Å²) in [5, 5.41) is 3.71. The van der Waals surface area contributed by atoms with Crippen LogP contribution < -0.4 is 4.74 Å². The van der Waals surface area contributed by atoms with Crippen molar-refractivity contribution in [3.8, 4) is 16.3 Å². The highest BCUT2D eigenvalue weighted by molar-refractivity contribution is 7.13. The van der Waals surface area contributed by atoms with E-state index in [0.717, 1.165) is 59.5 Å². The molecule has 0 aliphatic carbocycles. The molecule has 1 aromatic carbocycles. The third kappa shape index (κ3) is 5.79. The summed E-state index contributed by atoms with van der Waals surface area (Å²) in [6.07, 6.45) is 1.83. The molecule has 1 fully saturated rings. The normalized spacial score (nSPS) is 15.3. The molecule has 3 heterocycles. The van der Waals surface area contributed by atoms with Crippen LogP contribution in [-0.2, 0) is 22.2 Å². The van der Waals surface area contributed by atoms with Crippen LogP contribution in [0.5, 0.6) is 5.75 Å². The summed E-state index contributed by atoms with van der Waals surface area (Å²) >= 11 is 7.85. The van der Waals surface area contributed by atoms with Gasteiger partial charge in [-0.2, -0.15) is 0 Å². The van der Waals surface area contributed by atoms with Gasteiger partial charge in [-0.25, -0.2) is 9.97 Å². The molecule has 0 N–H and O–H groups in total. The Hall–Kier alpha value is -2.38. The first kappa shape index (κ1) is 28.6. The lowest BCUT2D eigenvalue weighted by molar-refractivity contribution is -0.133. The van der Waals surface area contributed by atoms with E-state index in [1.165, 1.54) is 11.1 Å². The van der Waals surface area contributed by atoms with Gasteiger partial charge in [0.05, 0.1) is 18.5 Å². The second-order valence-electron chi connectivity index (χ2n) is 12.5. The SMILES string of the molecule is COc1c(C(C)(C)C)cc(-c2nc(C3CCN(C(=O)Cn4c(C)nc(Cl)c4C)CC3)cs2)cc1C(C)(C)C. The molecule has 1 aliphatic heterocycles. The summed E-state index contributed by atoms with van der Waals surface area (Å²) in [5.74, 6) is 2.22. The number of imidazole rings is 1. The topological polar surface area (TPSA) is 60.2 Å². The van der Waals surface area contributed by atoms with E-state index < -0.39 is 0 Å². The monoisotopic (exact) mass is 556 g/mol. The van der Waals surface area contributed by atoms with E-state index in [1.54, 1.807) is 18.4 Å². The minimum absolute atomic E-state index is 0.0556. The number of thiazole rings is 1. The Morgan fingerprint density at radius 1 is 1.05 bits per heavy atom. The van der Waals surface area contributed by atoms with Crippen LogP contribution in [0.25, 0.3) is 10.6 Å². The third-order valence-corrected chi connectivity index (χ3v) is 8.86. The van der Waals surface area contributed by atoms with Crippen molar-refractivity contribution in [3.05, 3.63) is 51.0 Å². The van der Waals surface area contributed by atoms with Crippen molar-refractivity contribution in [3.63, 3.8) is 0 Å². The van der Waals surface area contributed by atoms with Crippen LogP contribution in [0, 0.1) is 13.8 Å². The molecular formula is C30H41ClN4O2S. The maximum Gasteiger partial charge on any atom is 0.242 e. The molecule has 1 aliphatic rings. The lowest BCUT2D eigenvalue weighted by Gasteiger charge is -2.31. The number of carbonyl (C=O) groups excluding carboxylic acids is 1. The fraction of sp³-hybridized carbons (Fsp3) is 0.567. The number of amides is 1. The van der Waals surface area contributed by atoms with Crippen LogP contribution in [0.4, 0.5) is 0 Å². The van der Waals surface area contributed by atoms with Gasteiger partial charge in [0.1, 0.15) is 28.3 Å². The first-order valence-corrected chi connectivity index (χ1v) is 14.6. The summed E-state index contributed by atoms with van der Waals surface area (Å²) in [7, 11) is 1.77. The standard InChI is InChI=1S/C30H41ClN4O2S/c1-18-27(31)32-19(2)35(18)16-25(36)34-12-10-20(11-13-34)24-17-38-28(33-24)21-14-22(29(3,4)5)26(37-9)23(15-21)30(6,7)8/h14-15,17,20H,10-13,16H2,1-9H3. The molecular weight excluding hydrogens is 516 g/mol. The lowest BCUT2D eigenvalue weighted by atomic mass is 9.78. The first-order valence-electron chi connectivity index (χ1n) is 13.4. The molecule has 0 bridgehead atoms. The van der Waals surface area contributed by atoms with E-state index in [-0.39, 0.29) is 23.3 Å². The average molecular weight is 557 g/mol. The van der Waals surface area contributed by atoms with Crippen LogP contribution in [0.3, 0.4) is 0 Å². The van der Waals surface area contributed by atoms with E-state index in [0.29, 0.717) is 11.1 Å². The Kier molecular flexibility index (Phi) is 8.02. The van der Waals surface area contributed by atoms with Crippen molar-refractivity contribution in [2.24, 2.45) is 0 Å². The second kappa shape index (κ2) is 10.6. The summed E-state index contributed by atoms with van der Waals surface area (Å²) in [4.78, 5) is 24.4. The number of aryl methyl sites for hydroxylation is 1. The number of carbonyl (C=O) groups is 1. The summed E-state index contributed by atoms with van der Waals surface area (Å²) in [5.41, 5.74) is 5.42. The zero-order chi connectivity index (χ0) is 28.0. The fourth-order valence-electron chi connectivity index (χ4n) is 5.22. The van der Waals surface area contributed by atoms with E-state index in [4.69, 9.17) is 21.3 Å². The molecule has 38 heavy (non-hydrogen) atoms. The quantitative estimate of drug-likeness (QED) is 0.331. The molecule has 1 amide bonds. The van der Waals surface area contributed by atoms with Gasteiger partial charge in [0, 0.05) is 41.1 Å². The van der Waals surface area contributed by atoms with Crippen LogP contribution >= 0.6 is 22.9 Å². The van der Waals surface area contributed by atoms with Crippen molar-refractivity contribution < 1.29 is 9.53 Å². The highest BCUT2D eigenvalue weighted by Crippen LogP contribution is 2.43. The Balaban J connectivity index is 1.51. The highest BCUT2D eigenvalue weighted by Gasteiger charge is 2.30. The van der Waals surface area contributed by atoms with Gasteiger partial charge in [0.15, 0.2) is 0 Å². The molecule has 2 aromatic heterocycles. The van der Waals surface area contributed by atoms with Gasteiger partial charge in [0.2, 0.25) is 5.91 Å². The Morgan fingerprint density at radius 2 is 1.63 bits per heavy atom. The molecule has 1 saturated heterocycles. The van der Waals surface area contributed by atoms with Gasteiger partial charge in [-0.15, -0.1) is 11.3 Å². The van der Waals surface area contributed by atoms with Crippen molar-refractivity contribution >= 4 is 28.8 Å². The molecule has 3 aromatic rings. The number of nitrogens with zero attached hydrogens (tertiary/aromatic N) is 4. The van der Waals surface area contributed by atoms with E-state index in [2.05, 4.69) is 64.0 Å². The van der Waals surface area contributed by atoms with Gasteiger partial charge in [-0.3, -0.25) is 4.79 Å². The first-order chi connectivity index (χ1) is 17.7. The Labute approximate surface area is 236 Å². The molecule has 6 nitrogen and oxygen atoms in total. The Morgan fingerprint density at radius 3 is 2.11 bits per heavy atom. The molecule has 0 unspecified atom stereocenters. The second-order valence-corrected chi connectivity index (χ2v) is 13.7. The number of piperidine rings is 1. The molecule has 0 atom stereocenters. The number of ether oxygens (including phenoxy) is 1. The molecule has 4 rings (SSSR count). The largest absolute Gasteiger partial charge is 0.496 e. The summed E-state index contributed by atoms with van der Waals surface area (Å²) < 4.78 is 7.84. The molecule has 8 heteroatoms. The summed E-state index contributed by atoms with van der Waals surface area (Å²) in [6, 6.07) is 4.51. The number of halogens is 1. The van der Waals surface area contributed by atoms with E-state index >= 15 is 0 Å². The zero-order valence-corrected chi connectivity index (χ0v) is 25.8. The van der Waals surface area contributed by atoms with Crippen molar-refractivity contribution in [2.75, 3.05) is 20.2 Å². The number of benzene rings is 1. The smallest absolute Gasteiger partial charge is 0.242 e. The maximum atomic E-state index is 13.0. The number of methoxy groups -OCH3 is 1. The number of aromatic nitrogens is 3. The van der Waals surface area contributed by atoms with E-state index in [1.807, 2.05) is 23.3 Å². The maximum absolute atomic E-state index is 13.0. The van der Waals surface area contributed by atoms with Gasteiger partial charge < -0.3 is 14.2 Å². The molecule has 0 spiro atoms. The van der Waals surface area contributed by atoms with Crippen LogP contribution in [0.15, 0.2) is 17.5 Å². The highest BCUT2D eigenvalue weighted by atomic mass is 35.5. The van der Waals surface area contributed by atoms with Gasteiger partial charge >= 0.3 is 0 Å². The predicted molar refractivity (Wildman–Crippen MR) is 157 cm³/mol. The van der Waals surface area contributed by atoms with Crippen molar-refractivity contribution in [1.29, 1.82) is 0 Å². The fourth-order valence-corrected chi connectivity index (χ4v) is 6.34. The Bertz CT molecular complexity index is 1290.